The minimum Gasteiger partial charge on any atom is -0.349 e. The third-order valence-electron chi connectivity index (χ3n) is 3.89. The maximum atomic E-state index is 11.4. The first-order chi connectivity index (χ1) is 8.11. The lowest BCUT2D eigenvalue weighted by Crippen LogP contribution is -2.35. The molecule has 1 atom stereocenters. The summed E-state index contributed by atoms with van der Waals surface area (Å²) in [6.45, 7) is 3.26. The monoisotopic (exact) mass is 240 g/mol. The quantitative estimate of drug-likeness (QED) is 0.723. The van der Waals surface area contributed by atoms with Gasteiger partial charge in [-0.25, -0.2) is 0 Å². The van der Waals surface area contributed by atoms with Crippen molar-refractivity contribution in [1.82, 2.24) is 10.2 Å². The fraction of sp³-hybridized carbons (Fsp3) is 0.929. The zero-order valence-electron chi connectivity index (χ0n) is 11.7. The summed E-state index contributed by atoms with van der Waals surface area (Å²) in [5, 5.41) is 3.58. The van der Waals surface area contributed by atoms with Crippen LogP contribution in [-0.2, 0) is 4.79 Å². The van der Waals surface area contributed by atoms with Crippen LogP contribution in [0.5, 0.6) is 0 Å². The predicted octanol–water partition coefficient (Wildman–Crippen LogP) is 2.41. The Morgan fingerprint density at radius 3 is 2.53 bits per heavy atom. The number of carbonyl (C=O) groups excluding carboxylic acids is 1. The molecule has 3 nitrogen and oxygen atoms in total. The van der Waals surface area contributed by atoms with E-state index in [4.69, 9.17) is 0 Å². The number of nitrogens with one attached hydrogen (secondary N) is 1. The molecule has 1 fully saturated rings. The lowest BCUT2D eigenvalue weighted by molar-refractivity contribution is -0.128. The Morgan fingerprint density at radius 1 is 1.29 bits per heavy atom. The fourth-order valence-electron chi connectivity index (χ4n) is 2.59. The normalized spacial score (nSPS) is 19.0. The molecule has 0 aromatic heterocycles. The summed E-state index contributed by atoms with van der Waals surface area (Å²) in [5.74, 6) is 1.09. The summed E-state index contributed by atoms with van der Waals surface area (Å²) in [5.41, 5.74) is 0. The molecule has 17 heavy (non-hydrogen) atoms. The summed E-state index contributed by atoms with van der Waals surface area (Å²) in [6, 6.07) is 0.616. The van der Waals surface area contributed by atoms with Gasteiger partial charge in [0.1, 0.15) is 0 Å². The van der Waals surface area contributed by atoms with Crippen molar-refractivity contribution in [2.45, 2.75) is 57.9 Å². The average Bonchev–Trinajstić information content (AvgIpc) is 2.35. The molecule has 1 aliphatic carbocycles. The first-order valence-corrected chi connectivity index (χ1v) is 7.05. The molecule has 0 aliphatic heterocycles. The standard InChI is InChI=1S/C14H28N2O/c1-12(13-8-5-4-6-9-13)15-11-7-10-14(17)16(2)3/h12-13,15H,4-11H2,1-3H3/t12-/m0/s1. The van der Waals surface area contributed by atoms with Crippen molar-refractivity contribution in [1.29, 1.82) is 0 Å². The van der Waals surface area contributed by atoms with Crippen LogP contribution in [0.2, 0.25) is 0 Å². The van der Waals surface area contributed by atoms with Crippen molar-refractivity contribution in [2.24, 2.45) is 5.92 Å². The first-order valence-electron chi connectivity index (χ1n) is 7.05. The zero-order valence-corrected chi connectivity index (χ0v) is 11.7. The number of hydrogen-bond donors (Lipinski definition) is 1. The third-order valence-corrected chi connectivity index (χ3v) is 3.89. The number of amides is 1. The molecule has 0 heterocycles. The van der Waals surface area contributed by atoms with Crippen molar-refractivity contribution >= 4 is 5.91 Å². The lowest BCUT2D eigenvalue weighted by Gasteiger charge is -2.28. The Hall–Kier alpha value is -0.570. The summed E-state index contributed by atoms with van der Waals surface area (Å²) in [4.78, 5) is 13.1. The molecule has 0 spiro atoms. The van der Waals surface area contributed by atoms with Crippen molar-refractivity contribution in [3.05, 3.63) is 0 Å². The second-order valence-electron chi connectivity index (χ2n) is 5.53. The van der Waals surface area contributed by atoms with Crippen LogP contribution in [-0.4, -0.2) is 37.5 Å². The predicted molar refractivity (Wildman–Crippen MR) is 72.0 cm³/mol. The van der Waals surface area contributed by atoms with Crippen LogP contribution in [0, 0.1) is 5.92 Å². The molecule has 0 radical (unpaired) electrons. The van der Waals surface area contributed by atoms with Gasteiger partial charge in [-0.2, -0.15) is 0 Å². The van der Waals surface area contributed by atoms with Crippen molar-refractivity contribution in [3.63, 3.8) is 0 Å². The highest BCUT2D eigenvalue weighted by molar-refractivity contribution is 5.75. The van der Waals surface area contributed by atoms with Gasteiger partial charge < -0.3 is 10.2 Å². The van der Waals surface area contributed by atoms with Gasteiger partial charge in [-0.05, 0) is 38.6 Å². The van der Waals surface area contributed by atoms with Crippen molar-refractivity contribution < 1.29 is 4.79 Å². The first kappa shape index (κ1) is 14.5. The Balaban J connectivity index is 2.07. The minimum absolute atomic E-state index is 0.233. The molecule has 3 heteroatoms. The molecule has 0 unspecified atom stereocenters. The molecular weight excluding hydrogens is 212 g/mol. The summed E-state index contributed by atoms with van der Waals surface area (Å²) in [7, 11) is 3.64. The molecule has 1 rings (SSSR count). The average molecular weight is 240 g/mol. The second kappa shape index (κ2) is 7.70. The van der Waals surface area contributed by atoms with Crippen molar-refractivity contribution in [3.8, 4) is 0 Å². The molecule has 1 saturated carbocycles. The van der Waals surface area contributed by atoms with E-state index >= 15 is 0 Å². The number of hydrogen-bond acceptors (Lipinski definition) is 2. The molecule has 0 saturated heterocycles. The van der Waals surface area contributed by atoms with Gasteiger partial charge in [0.25, 0.3) is 0 Å². The van der Waals surface area contributed by atoms with Crippen LogP contribution in [0.4, 0.5) is 0 Å². The highest BCUT2D eigenvalue weighted by atomic mass is 16.2. The van der Waals surface area contributed by atoms with Crippen LogP contribution in [0.25, 0.3) is 0 Å². The molecule has 0 aromatic rings. The van der Waals surface area contributed by atoms with Gasteiger partial charge in [0.15, 0.2) is 0 Å². The maximum absolute atomic E-state index is 11.4. The van der Waals surface area contributed by atoms with Crippen LogP contribution < -0.4 is 5.32 Å². The molecule has 1 N–H and O–H groups in total. The van der Waals surface area contributed by atoms with E-state index in [0.717, 1.165) is 18.9 Å². The van der Waals surface area contributed by atoms with E-state index in [2.05, 4.69) is 12.2 Å². The largest absolute Gasteiger partial charge is 0.349 e. The van der Waals surface area contributed by atoms with Crippen LogP contribution >= 0.6 is 0 Å². The van der Waals surface area contributed by atoms with E-state index in [1.54, 1.807) is 4.90 Å². The van der Waals surface area contributed by atoms with E-state index in [0.29, 0.717) is 12.5 Å². The molecule has 0 aromatic carbocycles. The van der Waals surface area contributed by atoms with E-state index in [9.17, 15) is 4.79 Å². The molecule has 1 aliphatic rings. The Bertz CT molecular complexity index is 222. The van der Waals surface area contributed by atoms with E-state index < -0.39 is 0 Å². The molecule has 0 bridgehead atoms. The Morgan fingerprint density at radius 2 is 1.94 bits per heavy atom. The molecule has 1 amide bonds. The number of nitrogens with zero attached hydrogens (tertiary/aromatic N) is 1. The molecular formula is C14H28N2O. The smallest absolute Gasteiger partial charge is 0.222 e. The van der Waals surface area contributed by atoms with E-state index in [1.807, 2.05) is 14.1 Å². The van der Waals surface area contributed by atoms with Gasteiger partial charge in [-0.3, -0.25) is 4.79 Å². The zero-order chi connectivity index (χ0) is 12.7. The number of rotatable bonds is 6. The minimum atomic E-state index is 0.233. The highest BCUT2D eigenvalue weighted by Gasteiger charge is 2.19. The lowest BCUT2D eigenvalue weighted by atomic mass is 9.84. The summed E-state index contributed by atoms with van der Waals surface area (Å²) >= 11 is 0. The van der Waals surface area contributed by atoms with Crippen LogP contribution in [0.1, 0.15) is 51.9 Å². The Labute approximate surface area is 106 Å². The van der Waals surface area contributed by atoms with Crippen LogP contribution in [0.15, 0.2) is 0 Å². The van der Waals surface area contributed by atoms with Gasteiger partial charge in [-0.15, -0.1) is 0 Å². The van der Waals surface area contributed by atoms with Gasteiger partial charge in [0, 0.05) is 26.6 Å². The van der Waals surface area contributed by atoms with Gasteiger partial charge >= 0.3 is 0 Å². The SMILES string of the molecule is C[C@H](NCCCC(=O)N(C)C)C1CCCCC1. The van der Waals surface area contributed by atoms with E-state index in [-0.39, 0.29) is 5.91 Å². The summed E-state index contributed by atoms with van der Waals surface area (Å²) < 4.78 is 0. The fourth-order valence-corrected chi connectivity index (χ4v) is 2.59. The number of carbonyl (C=O) groups is 1. The topological polar surface area (TPSA) is 32.3 Å². The van der Waals surface area contributed by atoms with Gasteiger partial charge in [-0.1, -0.05) is 19.3 Å². The van der Waals surface area contributed by atoms with E-state index in [1.165, 1.54) is 32.1 Å². The maximum Gasteiger partial charge on any atom is 0.222 e. The van der Waals surface area contributed by atoms with Crippen LogP contribution in [0.3, 0.4) is 0 Å². The van der Waals surface area contributed by atoms with Gasteiger partial charge in [0.2, 0.25) is 5.91 Å². The molecule has 100 valence electrons. The van der Waals surface area contributed by atoms with Gasteiger partial charge in [0.05, 0.1) is 0 Å². The van der Waals surface area contributed by atoms with Crippen molar-refractivity contribution in [2.75, 3.05) is 20.6 Å². The summed E-state index contributed by atoms with van der Waals surface area (Å²) in [6.07, 6.45) is 8.59. The second-order valence-corrected chi connectivity index (χ2v) is 5.53. The Kier molecular flexibility index (Phi) is 6.56. The highest BCUT2D eigenvalue weighted by Crippen LogP contribution is 2.26. The third kappa shape index (κ3) is 5.53.